The number of anilines is 1. The van der Waals surface area contributed by atoms with Crippen LogP contribution in [0.4, 0.5) is 5.69 Å². The van der Waals surface area contributed by atoms with Crippen molar-refractivity contribution in [2.24, 2.45) is 0 Å². The van der Waals surface area contributed by atoms with Crippen molar-refractivity contribution >= 4 is 22.0 Å². The van der Waals surface area contributed by atoms with Gasteiger partial charge in [0.05, 0.1) is 18.0 Å². The fourth-order valence-corrected chi connectivity index (χ4v) is 5.26. The van der Waals surface area contributed by atoms with Gasteiger partial charge in [0.1, 0.15) is 11.6 Å². The number of ether oxygens (including phenoxy) is 1. The standard InChI is InChI=1S/C22H22N4O2S/c1-14-23-22-26(24-14)21(27)20(29-22)19(16-9-11-17(28-2)12-10-16)25-13-5-7-15-6-3-4-8-18(15)25/h3-4,6,8-12,19,27H,5,7,13H2,1-2H3. The third kappa shape index (κ3) is 3.02. The largest absolute Gasteiger partial charge is 0.497 e. The van der Waals surface area contributed by atoms with Gasteiger partial charge in [0.2, 0.25) is 10.8 Å². The number of hydrogen-bond acceptors (Lipinski definition) is 6. The number of hydrogen-bond donors (Lipinski definition) is 1. The van der Waals surface area contributed by atoms with Crippen molar-refractivity contribution in [1.29, 1.82) is 0 Å². The highest BCUT2D eigenvalue weighted by atomic mass is 32.1. The Balaban J connectivity index is 1.69. The molecule has 0 radical (unpaired) electrons. The molecule has 2 aromatic carbocycles. The summed E-state index contributed by atoms with van der Waals surface area (Å²) in [4.78, 5) is 8.40. The van der Waals surface area contributed by atoms with Gasteiger partial charge in [0.25, 0.3) is 0 Å². The Labute approximate surface area is 173 Å². The number of rotatable bonds is 4. The summed E-state index contributed by atoms with van der Waals surface area (Å²) in [6.45, 7) is 2.75. The molecule has 29 heavy (non-hydrogen) atoms. The second-order valence-corrected chi connectivity index (χ2v) is 8.25. The summed E-state index contributed by atoms with van der Waals surface area (Å²) >= 11 is 1.49. The highest BCUT2D eigenvalue weighted by molar-refractivity contribution is 7.17. The van der Waals surface area contributed by atoms with E-state index in [4.69, 9.17) is 4.74 Å². The van der Waals surface area contributed by atoms with Gasteiger partial charge in [-0.25, -0.2) is 4.98 Å². The minimum absolute atomic E-state index is 0.129. The molecular weight excluding hydrogens is 384 g/mol. The number of para-hydroxylation sites is 1. The van der Waals surface area contributed by atoms with Gasteiger partial charge >= 0.3 is 0 Å². The van der Waals surface area contributed by atoms with E-state index in [0.717, 1.165) is 35.6 Å². The number of benzene rings is 2. The van der Waals surface area contributed by atoms with Gasteiger partial charge in [-0.1, -0.05) is 41.7 Å². The minimum atomic E-state index is -0.129. The molecule has 1 aliphatic rings. The van der Waals surface area contributed by atoms with Crippen molar-refractivity contribution in [1.82, 2.24) is 14.6 Å². The van der Waals surface area contributed by atoms with Crippen LogP contribution in [-0.2, 0) is 6.42 Å². The van der Waals surface area contributed by atoms with Gasteiger partial charge in [0.15, 0.2) is 0 Å². The van der Waals surface area contributed by atoms with E-state index in [0.29, 0.717) is 10.8 Å². The maximum atomic E-state index is 11.0. The van der Waals surface area contributed by atoms with Crippen LogP contribution in [0.2, 0.25) is 0 Å². The van der Waals surface area contributed by atoms with Crippen molar-refractivity contribution in [2.45, 2.75) is 25.8 Å². The van der Waals surface area contributed by atoms with Gasteiger partial charge in [-0.3, -0.25) is 0 Å². The zero-order valence-corrected chi connectivity index (χ0v) is 17.2. The second-order valence-electron chi connectivity index (χ2n) is 7.24. The lowest BCUT2D eigenvalue weighted by atomic mass is 9.96. The van der Waals surface area contributed by atoms with Crippen LogP contribution in [-0.4, -0.2) is 33.4 Å². The van der Waals surface area contributed by atoms with Crippen LogP contribution in [0, 0.1) is 6.92 Å². The molecule has 0 spiro atoms. The van der Waals surface area contributed by atoms with E-state index in [9.17, 15) is 5.11 Å². The Kier molecular flexibility index (Phi) is 4.39. The molecule has 4 aromatic rings. The van der Waals surface area contributed by atoms with Crippen LogP contribution in [0.1, 0.15) is 34.3 Å². The second kappa shape index (κ2) is 7.08. The van der Waals surface area contributed by atoms with Crippen LogP contribution in [0.3, 0.4) is 0 Å². The summed E-state index contributed by atoms with van der Waals surface area (Å²) < 4.78 is 6.89. The molecule has 1 N–H and O–H groups in total. The first-order valence-corrected chi connectivity index (χ1v) is 10.5. The van der Waals surface area contributed by atoms with E-state index < -0.39 is 0 Å². The van der Waals surface area contributed by atoms with Gasteiger partial charge in [-0.05, 0) is 49.1 Å². The Bertz CT molecular complexity index is 1170. The maximum absolute atomic E-state index is 11.0. The fraction of sp³-hybridized carbons (Fsp3) is 0.273. The van der Waals surface area contributed by atoms with Gasteiger partial charge < -0.3 is 14.7 Å². The van der Waals surface area contributed by atoms with E-state index in [1.165, 1.54) is 22.6 Å². The first-order chi connectivity index (χ1) is 14.2. The first-order valence-electron chi connectivity index (χ1n) is 9.69. The number of nitrogens with zero attached hydrogens (tertiary/aromatic N) is 4. The fourth-order valence-electron chi connectivity index (χ4n) is 4.12. The number of thiazole rings is 1. The van der Waals surface area contributed by atoms with E-state index in [-0.39, 0.29) is 11.9 Å². The molecule has 0 amide bonds. The van der Waals surface area contributed by atoms with E-state index in [1.807, 2.05) is 19.1 Å². The van der Waals surface area contributed by atoms with Crippen LogP contribution < -0.4 is 9.64 Å². The van der Waals surface area contributed by atoms with Crippen molar-refractivity contribution in [3.05, 3.63) is 70.4 Å². The Morgan fingerprint density at radius 2 is 1.93 bits per heavy atom. The molecule has 3 heterocycles. The third-order valence-corrected chi connectivity index (χ3v) is 6.52. The summed E-state index contributed by atoms with van der Waals surface area (Å²) in [5.41, 5.74) is 3.65. The van der Waals surface area contributed by atoms with Crippen molar-refractivity contribution in [3.63, 3.8) is 0 Å². The monoisotopic (exact) mass is 406 g/mol. The molecule has 1 atom stereocenters. The highest BCUT2D eigenvalue weighted by Gasteiger charge is 2.32. The van der Waals surface area contributed by atoms with Crippen LogP contribution in [0.5, 0.6) is 11.6 Å². The molecule has 0 fully saturated rings. The third-order valence-electron chi connectivity index (χ3n) is 5.44. The predicted octanol–water partition coefficient (Wildman–Crippen LogP) is 4.36. The molecule has 7 heteroatoms. The highest BCUT2D eigenvalue weighted by Crippen LogP contribution is 2.44. The Morgan fingerprint density at radius 1 is 1.14 bits per heavy atom. The van der Waals surface area contributed by atoms with Crippen LogP contribution >= 0.6 is 11.3 Å². The molecule has 1 aliphatic heterocycles. The van der Waals surface area contributed by atoms with E-state index in [1.54, 1.807) is 11.6 Å². The predicted molar refractivity (Wildman–Crippen MR) is 114 cm³/mol. The number of aromatic nitrogens is 3. The van der Waals surface area contributed by atoms with E-state index in [2.05, 4.69) is 51.4 Å². The average molecular weight is 407 g/mol. The van der Waals surface area contributed by atoms with Crippen molar-refractivity contribution in [3.8, 4) is 11.6 Å². The summed E-state index contributed by atoms with van der Waals surface area (Å²) in [6, 6.07) is 16.5. The lowest BCUT2D eigenvalue weighted by Crippen LogP contribution is -2.33. The minimum Gasteiger partial charge on any atom is -0.497 e. The van der Waals surface area contributed by atoms with Crippen molar-refractivity contribution in [2.75, 3.05) is 18.6 Å². The number of aryl methyl sites for hydroxylation is 2. The summed E-state index contributed by atoms with van der Waals surface area (Å²) in [5.74, 6) is 1.63. The van der Waals surface area contributed by atoms with Gasteiger partial charge in [-0.2, -0.15) is 4.52 Å². The number of methoxy groups -OCH3 is 1. The molecule has 0 saturated heterocycles. The molecular formula is C22H22N4O2S. The summed E-state index contributed by atoms with van der Waals surface area (Å²) in [5, 5.41) is 15.4. The van der Waals surface area contributed by atoms with Crippen LogP contribution in [0.25, 0.3) is 4.96 Å². The molecule has 0 saturated carbocycles. The van der Waals surface area contributed by atoms with Crippen molar-refractivity contribution < 1.29 is 9.84 Å². The smallest absolute Gasteiger partial charge is 0.230 e. The SMILES string of the molecule is COc1ccc(C(c2sc3nc(C)nn3c2O)N2CCCc3ccccc32)cc1. The molecule has 6 nitrogen and oxygen atoms in total. The zero-order chi connectivity index (χ0) is 20.0. The first kappa shape index (κ1) is 18.0. The molecule has 1 unspecified atom stereocenters. The number of fused-ring (bicyclic) bond motifs is 2. The van der Waals surface area contributed by atoms with E-state index >= 15 is 0 Å². The lowest BCUT2D eigenvalue weighted by molar-refractivity contribution is 0.414. The van der Waals surface area contributed by atoms with Gasteiger partial charge in [-0.15, -0.1) is 5.10 Å². The normalized spacial score (nSPS) is 14.8. The summed E-state index contributed by atoms with van der Waals surface area (Å²) in [6.07, 6.45) is 2.15. The number of aromatic hydroxyl groups is 1. The average Bonchev–Trinajstić information content (AvgIpc) is 3.26. The lowest BCUT2D eigenvalue weighted by Gasteiger charge is -2.37. The molecule has 2 aromatic heterocycles. The zero-order valence-electron chi connectivity index (χ0n) is 16.4. The Hall–Kier alpha value is -3.06. The van der Waals surface area contributed by atoms with Crippen LogP contribution in [0.15, 0.2) is 48.5 Å². The molecule has 0 bridgehead atoms. The quantitative estimate of drug-likeness (QED) is 0.546. The Morgan fingerprint density at radius 3 is 2.69 bits per heavy atom. The molecule has 0 aliphatic carbocycles. The summed E-state index contributed by atoms with van der Waals surface area (Å²) in [7, 11) is 1.67. The van der Waals surface area contributed by atoms with Gasteiger partial charge in [0, 0.05) is 12.2 Å². The maximum Gasteiger partial charge on any atom is 0.230 e. The molecule has 5 rings (SSSR count). The molecule has 148 valence electrons. The topological polar surface area (TPSA) is 62.9 Å².